The van der Waals surface area contributed by atoms with Crippen LogP contribution in [0.3, 0.4) is 0 Å². The van der Waals surface area contributed by atoms with Crippen LogP contribution in [0.4, 0.5) is 4.39 Å². The Labute approximate surface area is 126 Å². The van der Waals surface area contributed by atoms with E-state index in [4.69, 9.17) is 5.26 Å². The van der Waals surface area contributed by atoms with Crippen LogP contribution in [-0.4, -0.2) is 20.5 Å². The molecule has 0 amide bonds. The lowest BCUT2D eigenvalue weighted by Crippen LogP contribution is -2.17. The van der Waals surface area contributed by atoms with Crippen LogP contribution in [0.15, 0.2) is 30.3 Å². The van der Waals surface area contributed by atoms with E-state index in [0.717, 1.165) is 5.56 Å². The number of benzene rings is 1. The van der Waals surface area contributed by atoms with E-state index in [-0.39, 0.29) is 29.9 Å². The summed E-state index contributed by atoms with van der Waals surface area (Å²) in [6, 6.07) is 11.3. The fourth-order valence-electron chi connectivity index (χ4n) is 2.96. The molecule has 0 N–H and O–H groups in total. The molecule has 0 radical (unpaired) electrons. The molecule has 4 rings (SSSR count). The minimum atomic E-state index is -1.24. The number of rotatable bonds is 3. The van der Waals surface area contributed by atoms with Crippen molar-refractivity contribution in [1.29, 1.82) is 5.26 Å². The first-order valence-corrected chi connectivity index (χ1v) is 7.26. The summed E-state index contributed by atoms with van der Waals surface area (Å²) >= 11 is 0. The van der Waals surface area contributed by atoms with Gasteiger partial charge in [-0.3, -0.25) is 4.79 Å². The zero-order valence-electron chi connectivity index (χ0n) is 11.7. The number of Topliss-reactive ketones (excluding diaryl/α,β-unsaturated/α-hetero) is 1. The van der Waals surface area contributed by atoms with E-state index in [9.17, 15) is 9.18 Å². The topological polar surface area (TPSA) is 71.6 Å². The van der Waals surface area contributed by atoms with Crippen molar-refractivity contribution in [2.75, 3.05) is 0 Å². The normalized spacial score (nSPS) is 24.5. The van der Waals surface area contributed by atoms with Crippen LogP contribution in [0.25, 0.3) is 0 Å². The Morgan fingerprint density at radius 3 is 2.73 bits per heavy atom. The monoisotopic (exact) mass is 296 g/mol. The van der Waals surface area contributed by atoms with Crippen molar-refractivity contribution in [2.45, 2.75) is 31.5 Å². The second-order valence-electron chi connectivity index (χ2n) is 5.89. The van der Waals surface area contributed by atoms with E-state index in [2.05, 4.69) is 10.1 Å². The van der Waals surface area contributed by atoms with Gasteiger partial charge >= 0.3 is 0 Å². The lowest BCUT2D eigenvalue weighted by Gasteiger charge is -2.11. The molecule has 0 saturated heterocycles. The summed E-state index contributed by atoms with van der Waals surface area (Å²) in [7, 11) is 0. The predicted octanol–water partition coefficient (Wildman–Crippen LogP) is 2.77. The molecule has 0 spiro atoms. The molecule has 1 saturated carbocycles. The van der Waals surface area contributed by atoms with Gasteiger partial charge in [0.2, 0.25) is 11.6 Å². The maximum atomic E-state index is 14.2. The Morgan fingerprint density at radius 2 is 2.09 bits per heavy atom. The van der Waals surface area contributed by atoms with Gasteiger partial charge in [0.05, 0.1) is 12.1 Å². The van der Waals surface area contributed by atoms with Gasteiger partial charge in [-0.2, -0.15) is 5.26 Å². The van der Waals surface area contributed by atoms with Crippen molar-refractivity contribution >= 4 is 5.78 Å². The van der Waals surface area contributed by atoms with Crippen LogP contribution in [0.2, 0.25) is 0 Å². The standard InChI is InChI=1S/C16H13FN4O/c17-11-8-12(10-4-2-1-3-5-10)21-15(11)19-14(20-21)13(22)16(9-18)6-7-16/h1-5,11-12H,6-8H2. The summed E-state index contributed by atoms with van der Waals surface area (Å²) in [4.78, 5) is 16.4. The first-order valence-electron chi connectivity index (χ1n) is 7.26. The van der Waals surface area contributed by atoms with Crippen LogP contribution in [-0.2, 0) is 0 Å². The van der Waals surface area contributed by atoms with Crippen molar-refractivity contribution < 1.29 is 9.18 Å². The number of nitrogens with zero attached hydrogens (tertiary/aromatic N) is 4. The van der Waals surface area contributed by atoms with Gasteiger partial charge in [0.15, 0.2) is 12.0 Å². The van der Waals surface area contributed by atoms with Crippen LogP contribution in [0, 0.1) is 16.7 Å². The zero-order chi connectivity index (χ0) is 15.3. The van der Waals surface area contributed by atoms with Gasteiger partial charge in [-0.25, -0.2) is 14.1 Å². The van der Waals surface area contributed by atoms with Crippen LogP contribution >= 0.6 is 0 Å². The van der Waals surface area contributed by atoms with Crippen molar-refractivity contribution in [2.24, 2.45) is 5.41 Å². The first kappa shape index (κ1) is 13.1. The Balaban J connectivity index is 1.72. The summed E-state index contributed by atoms with van der Waals surface area (Å²) in [6.45, 7) is 0. The van der Waals surface area contributed by atoms with E-state index < -0.39 is 11.6 Å². The summed E-state index contributed by atoms with van der Waals surface area (Å²) < 4.78 is 15.7. The maximum absolute atomic E-state index is 14.2. The Bertz CT molecular complexity index is 788. The molecule has 2 heterocycles. The molecule has 1 aromatic carbocycles. The highest BCUT2D eigenvalue weighted by molar-refractivity contribution is 6.01. The molecule has 110 valence electrons. The third-order valence-corrected chi connectivity index (χ3v) is 4.45. The number of halogens is 1. The highest BCUT2D eigenvalue weighted by Gasteiger charge is 2.53. The molecule has 1 aromatic heterocycles. The van der Waals surface area contributed by atoms with Crippen molar-refractivity contribution in [3.8, 4) is 6.07 Å². The summed E-state index contributed by atoms with van der Waals surface area (Å²) in [5, 5.41) is 13.3. The molecule has 2 aliphatic rings. The number of alkyl halides is 1. The Morgan fingerprint density at radius 1 is 1.36 bits per heavy atom. The molecular weight excluding hydrogens is 283 g/mol. The van der Waals surface area contributed by atoms with E-state index in [0.29, 0.717) is 12.8 Å². The summed E-state index contributed by atoms with van der Waals surface area (Å²) in [6.07, 6.45) is 0.106. The molecule has 1 aliphatic carbocycles. The minimum absolute atomic E-state index is 0.0302. The predicted molar refractivity (Wildman–Crippen MR) is 74.7 cm³/mol. The van der Waals surface area contributed by atoms with E-state index in [1.807, 2.05) is 36.4 Å². The van der Waals surface area contributed by atoms with Gasteiger partial charge < -0.3 is 0 Å². The lowest BCUT2D eigenvalue weighted by atomic mass is 10.0. The fourth-order valence-corrected chi connectivity index (χ4v) is 2.96. The van der Waals surface area contributed by atoms with Crippen molar-refractivity contribution in [3.63, 3.8) is 0 Å². The maximum Gasteiger partial charge on any atom is 0.222 e. The van der Waals surface area contributed by atoms with Gasteiger partial charge in [0, 0.05) is 6.42 Å². The number of nitriles is 1. The second kappa shape index (κ2) is 4.47. The molecule has 6 heteroatoms. The van der Waals surface area contributed by atoms with Crippen LogP contribution in [0.5, 0.6) is 0 Å². The van der Waals surface area contributed by atoms with Gasteiger partial charge in [0.1, 0.15) is 5.41 Å². The average molecular weight is 296 g/mol. The Kier molecular flexibility index (Phi) is 2.67. The minimum Gasteiger partial charge on any atom is -0.289 e. The zero-order valence-corrected chi connectivity index (χ0v) is 11.7. The SMILES string of the molecule is N#CC1(C(=O)c2nc3n(n2)C(c2ccccc2)CC3F)CC1. The molecular formula is C16H13FN4O. The van der Waals surface area contributed by atoms with Gasteiger partial charge in [-0.05, 0) is 18.4 Å². The molecule has 5 nitrogen and oxygen atoms in total. The first-order chi connectivity index (χ1) is 10.6. The molecule has 2 aromatic rings. The highest BCUT2D eigenvalue weighted by Crippen LogP contribution is 2.48. The average Bonchev–Trinajstić information content (AvgIpc) is 3.13. The Hall–Kier alpha value is -2.55. The largest absolute Gasteiger partial charge is 0.289 e. The lowest BCUT2D eigenvalue weighted by molar-refractivity contribution is 0.0923. The molecule has 2 atom stereocenters. The quantitative estimate of drug-likeness (QED) is 0.816. The molecule has 1 fully saturated rings. The van der Waals surface area contributed by atoms with Gasteiger partial charge in [-0.15, -0.1) is 5.10 Å². The fraction of sp³-hybridized carbons (Fsp3) is 0.375. The number of hydrogen-bond donors (Lipinski definition) is 0. The number of ketones is 1. The number of hydrogen-bond acceptors (Lipinski definition) is 4. The third-order valence-electron chi connectivity index (χ3n) is 4.45. The van der Waals surface area contributed by atoms with Crippen molar-refractivity contribution in [3.05, 3.63) is 47.5 Å². The molecule has 22 heavy (non-hydrogen) atoms. The molecule has 1 aliphatic heterocycles. The second-order valence-corrected chi connectivity index (χ2v) is 5.89. The van der Waals surface area contributed by atoms with E-state index >= 15 is 0 Å². The third kappa shape index (κ3) is 1.78. The van der Waals surface area contributed by atoms with Gasteiger partial charge in [0.25, 0.3) is 0 Å². The summed E-state index contributed by atoms with van der Waals surface area (Å²) in [5.41, 5.74) is -0.0364. The van der Waals surface area contributed by atoms with E-state index in [1.165, 1.54) is 4.68 Å². The molecule has 0 bridgehead atoms. The van der Waals surface area contributed by atoms with Gasteiger partial charge in [-0.1, -0.05) is 30.3 Å². The van der Waals surface area contributed by atoms with E-state index in [1.54, 1.807) is 0 Å². The summed E-state index contributed by atoms with van der Waals surface area (Å²) in [5.74, 6) is -0.223. The number of aromatic nitrogens is 3. The van der Waals surface area contributed by atoms with Crippen LogP contribution in [0.1, 0.15) is 53.5 Å². The van der Waals surface area contributed by atoms with Crippen molar-refractivity contribution in [1.82, 2.24) is 14.8 Å². The van der Waals surface area contributed by atoms with Crippen LogP contribution < -0.4 is 0 Å². The highest BCUT2D eigenvalue weighted by atomic mass is 19.1. The molecule has 2 unspecified atom stereocenters. The smallest absolute Gasteiger partial charge is 0.222 e. The number of carbonyl (C=O) groups is 1. The number of carbonyl (C=O) groups excluding carboxylic acids is 1. The number of fused-ring (bicyclic) bond motifs is 1.